The minimum atomic E-state index is -0.292. The molecule has 4 rings (SSSR count). The molecule has 1 aliphatic rings. The largest absolute Gasteiger partial charge is 0.504 e. The molecule has 6 nitrogen and oxygen atoms in total. The predicted molar refractivity (Wildman–Crippen MR) is 108 cm³/mol. The number of anilines is 1. The molecule has 0 fully saturated rings. The summed E-state index contributed by atoms with van der Waals surface area (Å²) in [5, 5.41) is 10.9. The molecule has 28 heavy (non-hydrogen) atoms. The molecule has 0 spiro atoms. The van der Waals surface area contributed by atoms with Gasteiger partial charge in [-0.3, -0.25) is 0 Å². The monoisotopic (exact) mass is 377 g/mol. The number of nitrogen functional groups attached to an aromatic ring is 1. The minimum absolute atomic E-state index is 0.155. The Balaban J connectivity index is 1.67. The van der Waals surface area contributed by atoms with Gasteiger partial charge in [-0.15, -0.1) is 0 Å². The highest BCUT2D eigenvalue weighted by Gasteiger charge is 2.36. The molecule has 1 aromatic heterocycles. The van der Waals surface area contributed by atoms with E-state index in [1.165, 1.54) is 6.33 Å². The van der Waals surface area contributed by atoms with Crippen molar-refractivity contribution in [2.24, 2.45) is 0 Å². The van der Waals surface area contributed by atoms with Gasteiger partial charge in [0, 0.05) is 16.7 Å². The number of aromatic hydroxyl groups is 1. The lowest BCUT2D eigenvalue weighted by molar-refractivity contribution is 0.287. The van der Waals surface area contributed by atoms with Crippen LogP contribution in [0.5, 0.6) is 17.2 Å². The van der Waals surface area contributed by atoms with Crippen molar-refractivity contribution in [3.8, 4) is 28.5 Å². The Hall–Kier alpha value is -3.28. The van der Waals surface area contributed by atoms with E-state index >= 15 is 0 Å². The quantitative estimate of drug-likeness (QED) is 0.718. The van der Waals surface area contributed by atoms with Gasteiger partial charge < -0.3 is 20.3 Å². The molecule has 2 aromatic carbocycles. The SMILES string of the molecule is COc1ccc(COc2ccc3c(c2O)CC(C)(C)c2c(N)ncnc2-3)cc1. The van der Waals surface area contributed by atoms with E-state index in [-0.39, 0.29) is 11.2 Å². The molecule has 144 valence electrons. The van der Waals surface area contributed by atoms with Crippen molar-refractivity contribution in [3.05, 3.63) is 59.4 Å². The number of fused-ring (bicyclic) bond motifs is 3. The van der Waals surface area contributed by atoms with Crippen molar-refractivity contribution >= 4 is 5.82 Å². The summed E-state index contributed by atoms with van der Waals surface area (Å²) in [5.74, 6) is 1.89. The first-order valence-corrected chi connectivity index (χ1v) is 9.12. The van der Waals surface area contributed by atoms with E-state index in [0.717, 1.165) is 33.7 Å². The highest BCUT2D eigenvalue weighted by Crippen LogP contribution is 2.48. The average Bonchev–Trinajstić information content (AvgIpc) is 2.68. The van der Waals surface area contributed by atoms with Gasteiger partial charge in [-0.05, 0) is 41.7 Å². The minimum Gasteiger partial charge on any atom is -0.504 e. The summed E-state index contributed by atoms with van der Waals surface area (Å²) in [6.45, 7) is 4.52. The molecule has 0 bridgehead atoms. The Morgan fingerprint density at radius 2 is 1.86 bits per heavy atom. The molecule has 0 amide bonds. The summed E-state index contributed by atoms with van der Waals surface area (Å²) < 4.78 is 11.1. The van der Waals surface area contributed by atoms with Crippen LogP contribution in [-0.4, -0.2) is 22.2 Å². The van der Waals surface area contributed by atoms with Crippen LogP contribution >= 0.6 is 0 Å². The summed E-state index contributed by atoms with van der Waals surface area (Å²) in [7, 11) is 1.63. The second-order valence-electron chi connectivity index (χ2n) is 7.62. The van der Waals surface area contributed by atoms with Gasteiger partial charge in [-0.1, -0.05) is 26.0 Å². The van der Waals surface area contributed by atoms with Gasteiger partial charge in [0.1, 0.15) is 24.5 Å². The Morgan fingerprint density at radius 3 is 2.57 bits per heavy atom. The molecule has 0 radical (unpaired) electrons. The number of phenolic OH excluding ortho intramolecular Hbond substituents is 1. The van der Waals surface area contributed by atoms with Crippen LogP contribution in [0.25, 0.3) is 11.3 Å². The van der Waals surface area contributed by atoms with Crippen LogP contribution < -0.4 is 15.2 Å². The Kier molecular flexibility index (Phi) is 4.34. The zero-order chi connectivity index (χ0) is 19.9. The number of nitrogens with two attached hydrogens (primary N) is 1. The van der Waals surface area contributed by atoms with Crippen molar-refractivity contribution in [1.82, 2.24) is 9.97 Å². The molecule has 0 aliphatic heterocycles. The van der Waals surface area contributed by atoms with E-state index in [1.807, 2.05) is 30.3 Å². The van der Waals surface area contributed by atoms with Crippen LogP contribution in [0.3, 0.4) is 0 Å². The van der Waals surface area contributed by atoms with Crippen molar-refractivity contribution in [3.63, 3.8) is 0 Å². The summed E-state index contributed by atoms with van der Waals surface area (Å²) in [4.78, 5) is 8.59. The lowest BCUT2D eigenvalue weighted by Crippen LogP contribution is -2.28. The molecule has 1 heterocycles. The van der Waals surface area contributed by atoms with Crippen molar-refractivity contribution in [1.29, 1.82) is 0 Å². The number of methoxy groups -OCH3 is 1. The molecule has 0 saturated heterocycles. The van der Waals surface area contributed by atoms with E-state index in [1.54, 1.807) is 13.2 Å². The van der Waals surface area contributed by atoms with E-state index in [2.05, 4.69) is 23.8 Å². The molecule has 0 saturated carbocycles. The van der Waals surface area contributed by atoms with Gasteiger partial charge in [0.25, 0.3) is 0 Å². The first-order valence-electron chi connectivity index (χ1n) is 9.12. The maximum Gasteiger partial charge on any atom is 0.161 e. The van der Waals surface area contributed by atoms with Crippen LogP contribution in [0.1, 0.15) is 30.5 Å². The van der Waals surface area contributed by atoms with E-state index in [0.29, 0.717) is 24.6 Å². The molecular formula is C22H23N3O3. The van der Waals surface area contributed by atoms with Crippen molar-refractivity contribution in [2.45, 2.75) is 32.3 Å². The number of phenols is 1. The first kappa shape index (κ1) is 18.1. The van der Waals surface area contributed by atoms with Gasteiger partial charge in [0.05, 0.1) is 12.8 Å². The topological polar surface area (TPSA) is 90.5 Å². The van der Waals surface area contributed by atoms with Crippen LogP contribution in [-0.2, 0) is 18.4 Å². The number of hydrogen-bond acceptors (Lipinski definition) is 6. The molecule has 6 heteroatoms. The highest BCUT2D eigenvalue weighted by atomic mass is 16.5. The predicted octanol–water partition coefficient (Wildman–Crippen LogP) is 3.85. The van der Waals surface area contributed by atoms with E-state index in [9.17, 15) is 5.11 Å². The zero-order valence-corrected chi connectivity index (χ0v) is 16.2. The third-order valence-electron chi connectivity index (χ3n) is 5.23. The number of hydrogen-bond donors (Lipinski definition) is 2. The zero-order valence-electron chi connectivity index (χ0n) is 16.2. The van der Waals surface area contributed by atoms with Crippen molar-refractivity contribution < 1.29 is 14.6 Å². The third kappa shape index (κ3) is 3.01. The molecule has 1 aliphatic carbocycles. The lowest BCUT2D eigenvalue weighted by atomic mass is 9.71. The maximum atomic E-state index is 10.9. The first-order chi connectivity index (χ1) is 13.4. The molecule has 0 unspecified atom stereocenters. The second-order valence-corrected chi connectivity index (χ2v) is 7.62. The normalized spacial score (nSPS) is 14.1. The smallest absolute Gasteiger partial charge is 0.161 e. The molecular weight excluding hydrogens is 354 g/mol. The van der Waals surface area contributed by atoms with Gasteiger partial charge in [-0.2, -0.15) is 0 Å². The molecule has 0 atom stereocenters. The fourth-order valence-electron chi connectivity index (χ4n) is 3.82. The van der Waals surface area contributed by atoms with Gasteiger partial charge in [0.15, 0.2) is 11.5 Å². The number of aromatic nitrogens is 2. The van der Waals surface area contributed by atoms with Crippen LogP contribution in [0.15, 0.2) is 42.7 Å². The summed E-state index contributed by atoms with van der Waals surface area (Å²) in [6.07, 6.45) is 2.09. The Labute approximate surface area is 164 Å². The molecule has 3 aromatic rings. The summed E-state index contributed by atoms with van der Waals surface area (Å²) >= 11 is 0. The van der Waals surface area contributed by atoms with Gasteiger partial charge in [0.2, 0.25) is 0 Å². The fourth-order valence-corrected chi connectivity index (χ4v) is 3.82. The van der Waals surface area contributed by atoms with Gasteiger partial charge in [-0.25, -0.2) is 9.97 Å². The molecule has 3 N–H and O–H groups in total. The standard InChI is InChI=1S/C22H23N3O3/c1-22(2)10-16-15(19-18(22)21(23)25-12-24-19)8-9-17(20(16)26)28-11-13-4-6-14(27-3)7-5-13/h4-9,12,26H,10-11H2,1-3H3,(H2,23,24,25). The second kappa shape index (κ2) is 6.71. The van der Waals surface area contributed by atoms with Crippen LogP contribution in [0.4, 0.5) is 5.82 Å². The summed E-state index contributed by atoms with van der Waals surface area (Å²) in [5.41, 5.74) is 10.2. The number of rotatable bonds is 4. The van der Waals surface area contributed by atoms with Crippen LogP contribution in [0.2, 0.25) is 0 Å². The highest BCUT2D eigenvalue weighted by molar-refractivity contribution is 5.78. The summed E-state index contributed by atoms with van der Waals surface area (Å²) in [6, 6.07) is 11.3. The van der Waals surface area contributed by atoms with Crippen molar-refractivity contribution in [2.75, 3.05) is 12.8 Å². The number of benzene rings is 2. The lowest BCUT2D eigenvalue weighted by Gasteiger charge is -2.34. The van der Waals surface area contributed by atoms with Crippen LogP contribution in [0, 0.1) is 0 Å². The third-order valence-corrected chi connectivity index (χ3v) is 5.23. The fraction of sp³-hybridized carbons (Fsp3) is 0.273. The Morgan fingerprint density at radius 1 is 1.11 bits per heavy atom. The average molecular weight is 377 g/mol. The van der Waals surface area contributed by atoms with Gasteiger partial charge >= 0.3 is 0 Å². The number of ether oxygens (including phenoxy) is 2. The van der Waals surface area contributed by atoms with E-state index in [4.69, 9.17) is 15.2 Å². The maximum absolute atomic E-state index is 10.9. The number of nitrogens with zero attached hydrogens (tertiary/aromatic N) is 2. The van der Waals surface area contributed by atoms with E-state index < -0.39 is 0 Å². The Bertz CT molecular complexity index is 1030.